The van der Waals surface area contributed by atoms with Gasteiger partial charge in [-0.05, 0) is 6.42 Å². The zero-order chi connectivity index (χ0) is 9.78. The highest BCUT2D eigenvalue weighted by atomic mass is 16.5. The van der Waals surface area contributed by atoms with Gasteiger partial charge in [0.2, 0.25) is 0 Å². The Labute approximate surface area is 79.9 Å². The summed E-state index contributed by atoms with van der Waals surface area (Å²) in [5, 5.41) is 8.45. The summed E-state index contributed by atoms with van der Waals surface area (Å²) in [5.41, 5.74) is 0. The molecule has 0 radical (unpaired) electrons. The van der Waals surface area contributed by atoms with Crippen LogP contribution in [0, 0.1) is 11.8 Å². The van der Waals surface area contributed by atoms with Crippen LogP contribution < -0.4 is 0 Å². The van der Waals surface area contributed by atoms with E-state index < -0.39 is 0 Å². The second kappa shape index (κ2) is 11.0. The maximum atomic E-state index is 8.45. The molecular weight excluding hydrogens is 164 g/mol. The molecule has 0 heterocycles. The van der Waals surface area contributed by atoms with Gasteiger partial charge in [-0.1, -0.05) is 30.7 Å². The average molecular weight is 180 g/mol. The van der Waals surface area contributed by atoms with Crippen molar-refractivity contribution in [3.8, 4) is 11.8 Å². The van der Waals surface area contributed by atoms with Crippen LogP contribution in [0.25, 0.3) is 0 Å². The molecule has 0 rings (SSSR count). The summed E-state index contributed by atoms with van der Waals surface area (Å²) < 4.78 is 5.15. The number of aliphatic hydroxyl groups excluding tert-OH is 1. The zero-order valence-corrected chi connectivity index (χ0v) is 7.83. The molecule has 0 aliphatic heterocycles. The third kappa shape index (κ3) is 11.0. The molecule has 0 aromatic carbocycles. The number of aliphatic hydroxyl groups is 1. The molecule has 0 saturated heterocycles. The van der Waals surface area contributed by atoms with E-state index in [0.29, 0.717) is 13.2 Å². The van der Waals surface area contributed by atoms with E-state index in [1.54, 1.807) is 6.08 Å². The summed E-state index contributed by atoms with van der Waals surface area (Å²) >= 11 is 0. The van der Waals surface area contributed by atoms with Crippen molar-refractivity contribution in [2.24, 2.45) is 0 Å². The van der Waals surface area contributed by atoms with Crippen molar-refractivity contribution < 1.29 is 9.84 Å². The molecule has 0 aliphatic rings. The van der Waals surface area contributed by atoms with Crippen LogP contribution in [0.2, 0.25) is 0 Å². The third-order valence-corrected chi connectivity index (χ3v) is 1.25. The summed E-state index contributed by atoms with van der Waals surface area (Å²) in [5.74, 6) is 5.75. The Hall–Kier alpha value is -1.04. The van der Waals surface area contributed by atoms with E-state index in [4.69, 9.17) is 9.84 Å². The highest BCUT2D eigenvalue weighted by Gasteiger charge is 1.78. The maximum Gasteiger partial charge on any atom is 0.108 e. The fourth-order valence-corrected chi connectivity index (χ4v) is 0.637. The normalized spacial score (nSPS) is 9.62. The molecule has 0 spiro atoms. The molecule has 0 bridgehead atoms. The Bertz CT molecular complexity index is 196. The number of ether oxygens (including phenoxy) is 1. The molecule has 2 nitrogen and oxygen atoms in total. The molecule has 0 atom stereocenters. The van der Waals surface area contributed by atoms with Crippen molar-refractivity contribution in [2.45, 2.75) is 12.8 Å². The van der Waals surface area contributed by atoms with Crippen molar-refractivity contribution in [2.75, 3.05) is 19.8 Å². The van der Waals surface area contributed by atoms with Crippen molar-refractivity contribution in [3.63, 3.8) is 0 Å². The first kappa shape index (κ1) is 12.0. The zero-order valence-electron chi connectivity index (χ0n) is 7.83. The molecule has 2 heteroatoms. The second-order valence-corrected chi connectivity index (χ2v) is 2.36. The van der Waals surface area contributed by atoms with E-state index in [-0.39, 0.29) is 6.61 Å². The minimum atomic E-state index is 0.206. The summed E-state index contributed by atoms with van der Waals surface area (Å²) in [6.07, 6.45) is 6.89. The van der Waals surface area contributed by atoms with E-state index in [0.717, 1.165) is 12.8 Å². The summed E-state index contributed by atoms with van der Waals surface area (Å²) in [6, 6.07) is 0. The van der Waals surface area contributed by atoms with Gasteiger partial charge < -0.3 is 9.84 Å². The van der Waals surface area contributed by atoms with Gasteiger partial charge in [0.15, 0.2) is 0 Å². The van der Waals surface area contributed by atoms with E-state index in [1.165, 1.54) is 0 Å². The fourth-order valence-electron chi connectivity index (χ4n) is 0.637. The average Bonchev–Trinajstić information content (AvgIpc) is 2.16. The first-order chi connectivity index (χ1) is 6.41. The number of rotatable bonds is 6. The smallest absolute Gasteiger partial charge is 0.108 e. The minimum absolute atomic E-state index is 0.206. The number of unbranched alkanes of at least 4 members (excludes halogenated alkanes) is 1. The molecule has 0 unspecified atom stereocenters. The maximum absolute atomic E-state index is 8.45. The molecule has 72 valence electrons. The molecule has 0 amide bonds. The van der Waals surface area contributed by atoms with Gasteiger partial charge in [-0.2, -0.15) is 0 Å². The molecule has 0 aromatic heterocycles. The molecular formula is C11H16O2. The van der Waals surface area contributed by atoms with E-state index in [9.17, 15) is 0 Å². The van der Waals surface area contributed by atoms with Gasteiger partial charge >= 0.3 is 0 Å². The number of hydrogen-bond donors (Lipinski definition) is 1. The largest absolute Gasteiger partial charge is 0.396 e. The Morgan fingerprint density at radius 2 is 2.23 bits per heavy atom. The molecule has 0 aromatic rings. The Kier molecular flexibility index (Phi) is 10.1. The topological polar surface area (TPSA) is 29.5 Å². The lowest BCUT2D eigenvalue weighted by Gasteiger charge is -1.91. The van der Waals surface area contributed by atoms with Crippen LogP contribution in [0.3, 0.4) is 0 Å². The van der Waals surface area contributed by atoms with Gasteiger partial charge in [-0.3, -0.25) is 0 Å². The van der Waals surface area contributed by atoms with Crippen LogP contribution in [0.4, 0.5) is 0 Å². The third-order valence-electron chi connectivity index (χ3n) is 1.25. The predicted molar refractivity (Wildman–Crippen MR) is 54.3 cm³/mol. The SMILES string of the molecule is C=C/C=C/COCC#CCCCO. The van der Waals surface area contributed by atoms with E-state index in [2.05, 4.69) is 18.4 Å². The summed E-state index contributed by atoms with van der Waals surface area (Å²) in [6.45, 7) is 4.76. The minimum Gasteiger partial charge on any atom is -0.396 e. The van der Waals surface area contributed by atoms with E-state index in [1.807, 2.05) is 12.2 Å². The standard InChI is InChI=1S/C11H16O2/c1-2-3-7-10-13-11-8-5-4-6-9-12/h2-3,7,12H,1,4,6,9-11H2/b7-3+. The number of hydrogen-bond acceptors (Lipinski definition) is 2. The Morgan fingerprint density at radius 3 is 2.92 bits per heavy atom. The summed E-state index contributed by atoms with van der Waals surface area (Å²) in [7, 11) is 0. The van der Waals surface area contributed by atoms with Crippen LogP contribution in [-0.2, 0) is 4.74 Å². The first-order valence-electron chi connectivity index (χ1n) is 4.33. The Balaban J connectivity index is 3.17. The Morgan fingerprint density at radius 1 is 1.38 bits per heavy atom. The lowest BCUT2D eigenvalue weighted by atomic mass is 10.3. The van der Waals surface area contributed by atoms with Gasteiger partial charge in [-0.15, -0.1) is 5.92 Å². The molecule has 0 saturated carbocycles. The molecule has 0 aliphatic carbocycles. The van der Waals surface area contributed by atoms with Crippen LogP contribution in [0.15, 0.2) is 24.8 Å². The van der Waals surface area contributed by atoms with Gasteiger partial charge in [0.05, 0.1) is 6.61 Å². The van der Waals surface area contributed by atoms with Crippen molar-refractivity contribution >= 4 is 0 Å². The van der Waals surface area contributed by atoms with Crippen LogP contribution in [0.5, 0.6) is 0 Å². The van der Waals surface area contributed by atoms with Crippen molar-refractivity contribution in [1.82, 2.24) is 0 Å². The van der Waals surface area contributed by atoms with Gasteiger partial charge in [0, 0.05) is 13.0 Å². The highest BCUT2D eigenvalue weighted by molar-refractivity contribution is 5.00. The lowest BCUT2D eigenvalue weighted by molar-refractivity contribution is 0.199. The quantitative estimate of drug-likeness (QED) is 0.381. The monoisotopic (exact) mass is 180 g/mol. The van der Waals surface area contributed by atoms with Gasteiger partial charge in [0.25, 0.3) is 0 Å². The predicted octanol–water partition coefficient (Wildman–Crippen LogP) is 1.52. The lowest BCUT2D eigenvalue weighted by Crippen LogP contribution is -1.90. The summed E-state index contributed by atoms with van der Waals surface area (Å²) in [4.78, 5) is 0. The highest BCUT2D eigenvalue weighted by Crippen LogP contribution is 1.83. The van der Waals surface area contributed by atoms with Crippen LogP contribution in [-0.4, -0.2) is 24.9 Å². The first-order valence-corrected chi connectivity index (χ1v) is 4.33. The van der Waals surface area contributed by atoms with Gasteiger partial charge in [-0.25, -0.2) is 0 Å². The van der Waals surface area contributed by atoms with Crippen molar-refractivity contribution in [3.05, 3.63) is 24.8 Å². The van der Waals surface area contributed by atoms with Crippen LogP contribution in [0.1, 0.15) is 12.8 Å². The number of allylic oxidation sites excluding steroid dienone is 2. The second-order valence-electron chi connectivity index (χ2n) is 2.36. The van der Waals surface area contributed by atoms with E-state index >= 15 is 0 Å². The van der Waals surface area contributed by atoms with Crippen molar-refractivity contribution in [1.29, 1.82) is 0 Å². The molecule has 0 fully saturated rings. The van der Waals surface area contributed by atoms with Gasteiger partial charge in [0.1, 0.15) is 6.61 Å². The molecule has 13 heavy (non-hydrogen) atoms. The van der Waals surface area contributed by atoms with Crippen LogP contribution >= 0.6 is 0 Å². The molecule has 1 N–H and O–H groups in total. The fraction of sp³-hybridized carbons (Fsp3) is 0.455.